The third kappa shape index (κ3) is 36.0. The third-order valence-corrected chi connectivity index (χ3v) is 1.03. The Morgan fingerprint density at radius 2 is 1.78 bits per heavy atom. The average Bonchev–Trinajstić information content (AvgIpc) is 2.99. The molecule has 2 rings (SSSR count). The van der Waals surface area contributed by atoms with Gasteiger partial charge < -0.3 is 10.9 Å². The maximum absolute atomic E-state index is 3.25. The molecular formula is C14H22Cl2NTi-3. The van der Waals surface area contributed by atoms with Gasteiger partial charge in [0.1, 0.15) is 0 Å². The van der Waals surface area contributed by atoms with Crippen molar-refractivity contribution in [1.29, 1.82) is 0 Å². The van der Waals surface area contributed by atoms with Crippen LogP contribution in [0.1, 0.15) is 27.2 Å². The van der Waals surface area contributed by atoms with Crippen LogP contribution in [0.15, 0.2) is 36.6 Å². The standard InChI is InChI=1S/C5H5.C4H4N.C4H9.CH2.2ClH.Ti/c2*1-2-4-5-3-1;1-4(2)3;;;;/h1-3H,4H2;1-3,5H;1-3H3;1H2;2*1H;/q3*-1;;;;. The summed E-state index contributed by atoms with van der Waals surface area (Å²) in [5, 5.41) is 0. The minimum atomic E-state index is 0. The summed E-state index contributed by atoms with van der Waals surface area (Å²) in [6.07, 6.45) is 14.6. The van der Waals surface area contributed by atoms with Crippen LogP contribution in [0.3, 0.4) is 0 Å². The molecule has 1 heterocycles. The molecule has 1 aromatic rings. The Bertz CT molecular complexity index is 227. The van der Waals surface area contributed by atoms with Crippen LogP contribution in [-0.4, -0.2) is 9.80 Å². The molecule has 0 radical (unpaired) electrons. The summed E-state index contributed by atoms with van der Waals surface area (Å²) in [6, 6.07) is 3.71. The van der Waals surface area contributed by atoms with Crippen LogP contribution in [0.2, 0.25) is 0 Å². The second kappa shape index (κ2) is 25.7. The second-order valence-electron chi connectivity index (χ2n) is 3.32. The molecular weight excluding hydrogens is 301 g/mol. The first-order valence-electron chi connectivity index (χ1n) is 5.06. The molecule has 0 amide bonds. The van der Waals surface area contributed by atoms with Crippen molar-refractivity contribution in [3.05, 3.63) is 54.7 Å². The van der Waals surface area contributed by atoms with E-state index in [1.54, 1.807) is 20.0 Å². The van der Waals surface area contributed by atoms with E-state index >= 15 is 0 Å². The molecule has 0 saturated heterocycles. The van der Waals surface area contributed by atoms with Gasteiger partial charge in [-0.3, -0.25) is 6.08 Å². The predicted octanol–water partition coefficient (Wildman–Crippen LogP) is 4.55. The van der Waals surface area contributed by atoms with Crippen LogP contribution in [-0.2, 0) is 20.0 Å². The molecule has 1 aliphatic rings. The zero-order chi connectivity index (χ0) is 12.6. The molecule has 1 N–H and O–H groups in total. The van der Waals surface area contributed by atoms with Gasteiger partial charge in [-0.1, -0.05) is 0 Å². The Hall–Kier alpha value is -0.0757. The molecule has 1 nitrogen and oxygen atoms in total. The first-order chi connectivity index (χ1) is 7.73. The molecule has 0 aromatic carbocycles. The van der Waals surface area contributed by atoms with Crippen molar-refractivity contribution in [3.63, 3.8) is 0 Å². The first kappa shape index (κ1) is 26.5. The molecule has 0 fully saturated rings. The first-order valence-corrected chi connectivity index (χ1v) is 6.17. The average molecular weight is 323 g/mol. The summed E-state index contributed by atoms with van der Waals surface area (Å²) in [5.41, 5.74) is 0. The van der Waals surface area contributed by atoms with Crippen molar-refractivity contribution >= 4 is 29.6 Å². The number of hydrogen-bond donors (Lipinski definition) is 1. The van der Waals surface area contributed by atoms with E-state index in [4.69, 9.17) is 0 Å². The van der Waals surface area contributed by atoms with E-state index in [0.29, 0.717) is 0 Å². The van der Waals surface area contributed by atoms with Crippen molar-refractivity contribution in [2.75, 3.05) is 0 Å². The Kier molecular flexibility index (Phi) is 37.8. The van der Waals surface area contributed by atoms with Crippen molar-refractivity contribution in [2.24, 2.45) is 0 Å². The third-order valence-electron chi connectivity index (χ3n) is 1.03. The van der Waals surface area contributed by atoms with E-state index in [2.05, 4.69) is 48.9 Å². The molecule has 0 aliphatic heterocycles. The molecule has 1 aromatic heterocycles. The molecule has 0 unspecified atom stereocenters. The minimum Gasteiger partial charge on any atom is -0.484 e. The van der Waals surface area contributed by atoms with Gasteiger partial charge in [-0.2, -0.15) is 45.2 Å². The van der Waals surface area contributed by atoms with Gasteiger partial charge in [-0.15, -0.1) is 37.4 Å². The summed E-state index contributed by atoms with van der Waals surface area (Å²) in [5.74, 6) is 1.42. The van der Waals surface area contributed by atoms with Crippen LogP contribution in [0.25, 0.3) is 0 Å². The van der Waals surface area contributed by atoms with Crippen LogP contribution in [0.5, 0.6) is 0 Å². The zero-order valence-corrected chi connectivity index (χ0v) is 14.4. The molecule has 18 heavy (non-hydrogen) atoms. The number of H-pyrrole nitrogens is 1. The molecule has 0 atom stereocenters. The maximum Gasteiger partial charge on any atom is -0.108 e. The Morgan fingerprint density at radius 3 is 1.89 bits per heavy atom. The minimum absolute atomic E-state index is 0. The fraction of sp³-hybridized carbons (Fsp3) is 0.286. The number of nitrogens with one attached hydrogen (secondary N) is 1. The van der Waals surface area contributed by atoms with Gasteiger partial charge in [-0.25, -0.2) is 12.2 Å². The van der Waals surface area contributed by atoms with Gasteiger partial charge in [0.15, 0.2) is 0 Å². The quantitative estimate of drug-likeness (QED) is 0.532. The summed E-state index contributed by atoms with van der Waals surface area (Å²) in [4.78, 5) is 5.99. The second-order valence-corrected chi connectivity index (χ2v) is 3.32. The summed E-state index contributed by atoms with van der Waals surface area (Å²) < 4.78 is 0. The zero-order valence-electron chi connectivity index (χ0n) is 11.2. The molecule has 0 saturated carbocycles. The maximum atomic E-state index is 3.25. The number of aromatic amines is 1. The molecule has 0 spiro atoms. The van der Waals surface area contributed by atoms with Crippen molar-refractivity contribution in [1.82, 2.24) is 4.98 Å². The molecule has 104 valence electrons. The number of hydrogen-bond acceptors (Lipinski definition) is 0. The molecule has 4 heteroatoms. The monoisotopic (exact) mass is 322 g/mol. The van der Waals surface area contributed by atoms with Crippen molar-refractivity contribution < 1.29 is 20.0 Å². The van der Waals surface area contributed by atoms with E-state index in [-0.39, 0.29) is 24.8 Å². The molecule has 1 aliphatic carbocycles. The Morgan fingerprint density at radius 1 is 1.22 bits per heavy atom. The summed E-state index contributed by atoms with van der Waals surface area (Å²) in [7, 11) is 0. The SMILES string of the molecule is C[C-](C)C.Cl.Cl.[C-]1=CC=CC1.[CH2]=[Ti].[c-]1ccc[nH]1. The van der Waals surface area contributed by atoms with Crippen LogP contribution in [0.4, 0.5) is 0 Å². The van der Waals surface area contributed by atoms with Crippen LogP contribution < -0.4 is 0 Å². The van der Waals surface area contributed by atoms with E-state index in [0.717, 1.165) is 6.42 Å². The summed E-state index contributed by atoms with van der Waals surface area (Å²) in [6.45, 7) is 6.25. The Labute approximate surface area is 136 Å². The van der Waals surface area contributed by atoms with E-state index in [9.17, 15) is 0 Å². The summed E-state index contributed by atoms with van der Waals surface area (Å²) >= 11 is 1.75. The number of allylic oxidation sites excluding steroid dienone is 4. The van der Waals surface area contributed by atoms with Crippen molar-refractivity contribution in [3.8, 4) is 0 Å². The van der Waals surface area contributed by atoms with Gasteiger partial charge in [0.25, 0.3) is 0 Å². The van der Waals surface area contributed by atoms with E-state index in [1.165, 1.54) is 5.92 Å². The van der Waals surface area contributed by atoms with E-state index < -0.39 is 0 Å². The van der Waals surface area contributed by atoms with Gasteiger partial charge in [0, 0.05) is 0 Å². The van der Waals surface area contributed by atoms with Gasteiger partial charge in [-0.05, 0) is 0 Å². The van der Waals surface area contributed by atoms with E-state index in [1.807, 2.05) is 30.5 Å². The number of halogens is 2. The largest absolute Gasteiger partial charge is 0.484 e. The smallest absolute Gasteiger partial charge is 0.108 e. The van der Waals surface area contributed by atoms with Crippen molar-refractivity contribution in [2.45, 2.75) is 27.2 Å². The fourth-order valence-corrected chi connectivity index (χ4v) is 0.581. The van der Waals surface area contributed by atoms with Gasteiger partial charge >= 0.3 is 24.8 Å². The topological polar surface area (TPSA) is 15.8 Å². The predicted molar refractivity (Wildman–Crippen MR) is 83.1 cm³/mol. The van der Waals surface area contributed by atoms with Gasteiger partial charge in [0.2, 0.25) is 0 Å². The number of aromatic nitrogens is 1. The Balaban J connectivity index is -0.0000000732. The van der Waals surface area contributed by atoms with Crippen LogP contribution in [0, 0.1) is 18.2 Å². The fourth-order valence-electron chi connectivity index (χ4n) is 0.581. The normalized spacial score (nSPS) is 9.28. The number of rotatable bonds is 0. The molecule has 0 bridgehead atoms. The van der Waals surface area contributed by atoms with Crippen LogP contribution >= 0.6 is 24.8 Å². The van der Waals surface area contributed by atoms with Gasteiger partial charge in [0.05, 0.1) is 0 Å².